The van der Waals surface area contributed by atoms with Crippen molar-refractivity contribution in [1.29, 1.82) is 0 Å². The van der Waals surface area contributed by atoms with E-state index in [1.54, 1.807) is 16.7 Å². The number of hydrogen-bond donors (Lipinski definition) is 1. The molecule has 1 amide bonds. The van der Waals surface area contributed by atoms with E-state index < -0.39 is 17.8 Å². The Balaban J connectivity index is 1.25. The average molecular weight is 549 g/mol. The first-order valence-electron chi connectivity index (χ1n) is 12.9. The normalized spacial score (nSPS) is 22.7. The van der Waals surface area contributed by atoms with Gasteiger partial charge in [0.15, 0.2) is 5.69 Å². The molecule has 2 aromatic rings. The lowest BCUT2D eigenvalue weighted by Crippen LogP contribution is -2.44. The number of halogens is 3. The largest absolute Gasteiger partial charge is 0.477 e. The molecule has 0 radical (unpaired) electrons. The monoisotopic (exact) mass is 548 g/mol. The van der Waals surface area contributed by atoms with Crippen LogP contribution in [0, 0.1) is 12.8 Å². The van der Waals surface area contributed by atoms with Crippen molar-refractivity contribution in [2.75, 3.05) is 20.1 Å². The minimum atomic E-state index is -4.55. The fourth-order valence-corrected chi connectivity index (χ4v) is 7.72. The Labute approximate surface area is 223 Å². The van der Waals surface area contributed by atoms with Crippen molar-refractivity contribution >= 4 is 23.6 Å². The number of carbonyl (C=O) groups is 2. The molecule has 5 rings (SSSR count). The van der Waals surface area contributed by atoms with Crippen LogP contribution in [0.15, 0.2) is 40.9 Å². The second-order valence-corrected chi connectivity index (χ2v) is 11.5. The zero-order valence-corrected chi connectivity index (χ0v) is 22.2. The molecule has 2 aliphatic heterocycles. The predicted octanol–water partition coefficient (Wildman–Crippen LogP) is 4.87. The molecule has 1 aromatic heterocycles. The van der Waals surface area contributed by atoms with Gasteiger partial charge in [0.1, 0.15) is 12.2 Å². The summed E-state index contributed by atoms with van der Waals surface area (Å²) in [4.78, 5) is 29.7. The number of benzene rings is 1. The first kappa shape index (κ1) is 26.6. The number of aliphatic carboxylic acids is 1. The molecule has 7 nitrogen and oxygen atoms in total. The van der Waals surface area contributed by atoms with Crippen LogP contribution >= 0.6 is 11.8 Å². The fraction of sp³-hybridized carbons (Fsp3) is 0.519. The molecule has 0 spiro atoms. The highest BCUT2D eigenvalue weighted by Crippen LogP contribution is 2.52. The Kier molecular flexibility index (Phi) is 7.23. The van der Waals surface area contributed by atoms with Crippen molar-refractivity contribution in [3.63, 3.8) is 0 Å². The summed E-state index contributed by atoms with van der Waals surface area (Å²) in [6, 6.07) is 9.23. The van der Waals surface area contributed by atoms with Gasteiger partial charge in [-0.3, -0.25) is 9.48 Å². The van der Waals surface area contributed by atoms with E-state index in [9.17, 15) is 27.9 Å². The van der Waals surface area contributed by atoms with Crippen LogP contribution < -0.4 is 0 Å². The van der Waals surface area contributed by atoms with Crippen molar-refractivity contribution in [2.24, 2.45) is 5.92 Å². The molecule has 204 valence electrons. The van der Waals surface area contributed by atoms with Crippen molar-refractivity contribution in [3.05, 3.63) is 63.4 Å². The van der Waals surface area contributed by atoms with E-state index in [0.29, 0.717) is 31.6 Å². The standard InChI is InChI=1S/C27H31F3N4O3S/c1-16-14-21(27(28,29)30)31-34(16)15-22(35)33-12-10-18(11-13-33)25-32(2)23(26(36)37)24(38-25)20-9-5-7-17-6-3-4-8-19(17)20/h3-4,6,8,14,18,20,25H,5,7,9-13,15H2,1-2H3,(H,36,37)/t20?,25-/m1/s1. The van der Waals surface area contributed by atoms with Gasteiger partial charge in [-0.05, 0) is 62.1 Å². The molecule has 11 heteroatoms. The summed E-state index contributed by atoms with van der Waals surface area (Å²) in [6.45, 7) is 2.22. The van der Waals surface area contributed by atoms with Crippen LogP contribution in [-0.4, -0.2) is 62.1 Å². The van der Waals surface area contributed by atoms with Crippen LogP contribution in [-0.2, 0) is 28.7 Å². The third kappa shape index (κ3) is 5.04. The molecule has 1 unspecified atom stereocenters. The SMILES string of the molecule is Cc1cc(C(F)(F)F)nn1CC(=O)N1CCC([C@H]2SC(C3CCCc4ccccc43)=C(C(=O)O)N2C)CC1. The van der Waals surface area contributed by atoms with Crippen LogP contribution in [0.1, 0.15) is 54.1 Å². The Morgan fingerprint density at radius 1 is 1.16 bits per heavy atom. The number of likely N-dealkylation sites (N-methyl/N-ethyl adjacent to an activating group) is 1. The molecule has 38 heavy (non-hydrogen) atoms. The maximum Gasteiger partial charge on any atom is 0.435 e. The first-order chi connectivity index (χ1) is 18.0. The number of carboxylic acids is 1. The maximum atomic E-state index is 13.0. The quantitative estimate of drug-likeness (QED) is 0.575. The van der Waals surface area contributed by atoms with Crippen LogP contribution in [0.5, 0.6) is 0 Å². The molecule has 1 fully saturated rings. The van der Waals surface area contributed by atoms with Crippen LogP contribution in [0.3, 0.4) is 0 Å². The van der Waals surface area contributed by atoms with E-state index in [1.165, 1.54) is 18.1 Å². The highest BCUT2D eigenvalue weighted by molar-refractivity contribution is 8.04. The third-order valence-corrected chi connectivity index (χ3v) is 9.63. The zero-order valence-electron chi connectivity index (χ0n) is 21.4. The Morgan fingerprint density at radius 2 is 1.87 bits per heavy atom. The molecule has 1 aromatic carbocycles. The minimum absolute atomic E-state index is 0.0369. The fourth-order valence-electron chi connectivity index (χ4n) is 5.98. The van der Waals surface area contributed by atoms with Crippen LogP contribution in [0.4, 0.5) is 13.2 Å². The Morgan fingerprint density at radius 3 is 2.53 bits per heavy atom. The van der Waals surface area contributed by atoms with Gasteiger partial charge in [-0.2, -0.15) is 18.3 Å². The summed E-state index contributed by atoms with van der Waals surface area (Å²) in [6.07, 6.45) is -0.208. The molecular formula is C27H31F3N4O3S. The molecular weight excluding hydrogens is 517 g/mol. The molecule has 1 N–H and O–H groups in total. The van der Waals surface area contributed by atoms with Crippen LogP contribution in [0.25, 0.3) is 0 Å². The van der Waals surface area contributed by atoms with Gasteiger partial charge in [0.25, 0.3) is 0 Å². The number of thioether (sulfide) groups is 1. The van der Waals surface area contributed by atoms with Crippen molar-refractivity contribution < 1.29 is 27.9 Å². The van der Waals surface area contributed by atoms with E-state index >= 15 is 0 Å². The van der Waals surface area contributed by atoms with Crippen molar-refractivity contribution in [2.45, 2.75) is 63.0 Å². The number of rotatable bonds is 5. The number of aromatic nitrogens is 2. The summed E-state index contributed by atoms with van der Waals surface area (Å²) in [5.74, 6) is -0.923. The van der Waals surface area contributed by atoms with Crippen molar-refractivity contribution in [1.82, 2.24) is 19.6 Å². The van der Waals surface area contributed by atoms with Gasteiger partial charge in [-0.15, -0.1) is 11.8 Å². The van der Waals surface area contributed by atoms with Gasteiger partial charge < -0.3 is 14.9 Å². The third-order valence-electron chi connectivity index (χ3n) is 7.96. The number of carboxylic acid groups (broad SMARTS) is 1. The van der Waals surface area contributed by atoms with Crippen LogP contribution in [0.2, 0.25) is 0 Å². The number of fused-ring (bicyclic) bond motifs is 1. The zero-order chi connectivity index (χ0) is 27.2. The van der Waals surface area contributed by atoms with E-state index in [4.69, 9.17) is 0 Å². The number of carbonyl (C=O) groups excluding carboxylic acids is 1. The first-order valence-corrected chi connectivity index (χ1v) is 13.8. The van der Waals surface area contributed by atoms with Gasteiger partial charge >= 0.3 is 12.1 Å². The maximum absolute atomic E-state index is 13.0. The van der Waals surface area contributed by atoms with Gasteiger partial charge in [-0.1, -0.05) is 24.3 Å². The summed E-state index contributed by atoms with van der Waals surface area (Å²) >= 11 is 1.65. The minimum Gasteiger partial charge on any atom is -0.477 e. The molecule has 3 aliphatic rings. The summed E-state index contributed by atoms with van der Waals surface area (Å²) in [5.41, 5.74) is 2.16. The summed E-state index contributed by atoms with van der Waals surface area (Å²) in [7, 11) is 1.85. The molecule has 2 atom stereocenters. The number of allylic oxidation sites excluding steroid dienone is 1. The Bertz CT molecular complexity index is 1270. The molecule has 1 aliphatic carbocycles. The number of likely N-dealkylation sites (tertiary alicyclic amines) is 1. The highest BCUT2D eigenvalue weighted by atomic mass is 32.2. The Hall–Kier alpha value is -2.95. The number of nitrogens with zero attached hydrogens (tertiary/aromatic N) is 4. The van der Waals surface area contributed by atoms with Gasteiger partial charge in [0.05, 0.1) is 5.37 Å². The second kappa shape index (κ2) is 10.3. The van der Waals surface area contributed by atoms with Gasteiger partial charge in [0.2, 0.25) is 5.91 Å². The number of piperidine rings is 1. The number of alkyl halides is 3. The second-order valence-electron chi connectivity index (χ2n) is 10.3. The topological polar surface area (TPSA) is 78.7 Å². The van der Waals surface area contributed by atoms with Gasteiger partial charge in [-0.25, -0.2) is 4.79 Å². The molecule has 0 bridgehead atoms. The lowest BCUT2D eigenvalue weighted by Gasteiger charge is -2.37. The smallest absolute Gasteiger partial charge is 0.435 e. The highest BCUT2D eigenvalue weighted by Gasteiger charge is 2.43. The molecule has 1 saturated heterocycles. The van der Waals surface area contributed by atoms with E-state index in [0.717, 1.165) is 34.9 Å². The molecule has 3 heterocycles. The average Bonchev–Trinajstić information content (AvgIpc) is 3.43. The summed E-state index contributed by atoms with van der Waals surface area (Å²) in [5, 5.41) is 13.7. The lowest BCUT2D eigenvalue weighted by molar-refractivity contribution is -0.142. The number of hydrogen-bond acceptors (Lipinski definition) is 5. The van der Waals surface area contributed by atoms with E-state index in [1.807, 2.05) is 24.1 Å². The van der Waals surface area contributed by atoms with Gasteiger partial charge in [0, 0.05) is 36.7 Å². The van der Waals surface area contributed by atoms with Crippen molar-refractivity contribution in [3.8, 4) is 0 Å². The molecule has 0 saturated carbocycles. The number of aryl methyl sites for hydroxylation is 2. The lowest BCUT2D eigenvalue weighted by atomic mass is 9.82. The number of amides is 1. The summed E-state index contributed by atoms with van der Waals surface area (Å²) < 4.78 is 40.0. The predicted molar refractivity (Wildman–Crippen MR) is 137 cm³/mol. The van der Waals surface area contributed by atoms with E-state index in [2.05, 4.69) is 17.2 Å². The van der Waals surface area contributed by atoms with E-state index in [-0.39, 0.29) is 35.4 Å².